The standard InChI is InChI=1S/C17H10F2N2O3S/c18-13-10(8-22)6-11-15(14(13)19)24-20-16(11)21-7-12(25-17(21)23)9-4-2-1-3-5-9/h1-6,8,12H,7H2. The van der Waals surface area contributed by atoms with Crippen LogP contribution in [0.2, 0.25) is 0 Å². The van der Waals surface area contributed by atoms with Crippen molar-refractivity contribution in [1.29, 1.82) is 0 Å². The molecule has 0 spiro atoms. The number of rotatable bonds is 3. The van der Waals surface area contributed by atoms with Gasteiger partial charge in [-0.15, -0.1) is 0 Å². The van der Waals surface area contributed by atoms with Crippen LogP contribution in [0.3, 0.4) is 0 Å². The van der Waals surface area contributed by atoms with Gasteiger partial charge >= 0.3 is 0 Å². The summed E-state index contributed by atoms with van der Waals surface area (Å²) >= 11 is 1.12. The normalized spacial score (nSPS) is 17.4. The molecule has 0 saturated carbocycles. The molecule has 126 valence electrons. The Labute approximate surface area is 144 Å². The average molecular weight is 360 g/mol. The van der Waals surface area contributed by atoms with Crippen molar-refractivity contribution in [1.82, 2.24) is 5.16 Å². The molecule has 0 aliphatic carbocycles. The van der Waals surface area contributed by atoms with Crippen LogP contribution in [0.1, 0.15) is 21.2 Å². The monoisotopic (exact) mass is 360 g/mol. The van der Waals surface area contributed by atoms with Crippen LogP contribution >= 0.6 is 11.8 Å². The number of anilines is 1. The third kappa shape index (κ3) is 2.49. The molecule has 0 radical (unpaired) electrons. The lowest BCUT2D eigenvalue weighted by Crippen LogP contribution is -2.23. The van der Waals surface area contributed by atoms with Gasteiger partial charge in [-0.1, -0.05) is 47.3 Å². The lowest BCUT2D eigenvalue weighted by Gasteiger charge is -2.12. The summed E-state index contributed by atoms with van der Waals surface area (Å²) < 4.78 is 32.6. The molecule has 4 rings (SSSR count). The van der Waals surface area contributed by atoms with Crippen LogP contribution in [0.5, 0.6) is 0 Å². The summed E-state index contributed by atoms with van der Waals surface area (Å²) in [6, 6.07) is 10.6. The summed E-state index contributed by atoms with van der Waals surface area (Å²) in [5, 5.41) is 3.42. The van der Waals surface area contributed by atoms with Crippen molar-refractivity contribution in [2.45, 2.75) is 5.25 Å². The van der Waals surface area contributed by atoms with Crippen molar-refractivity contribution < 1.29 is 22.9 Å². The van der Waals surface area contributed by atoms with Crippen LogP contribution in [0, 0.1) is 11.6 Å². The van der Waals surface area contributed by atoms with E-state index in [0.29, 0.717) is 6.54 Å². The van der Waals surface area contributed by atoms with Gasteiger partial charge in [-0.3, -0.25) is 14.5 Å². The van der Waals surface area contributed by atoms with Crippen molar-refractivity contribution in [3.63, 3.8) is 0 Å². The summed E-state index contributed by atoms with van der Waals surface area (Å²) in [5.74, 6) is -2.51. The van der Waals surface area contributed by atoms with E-state index in [4.69, 9.17) is 4.52 Å². The third-order valence-corrected chi connectivity index (χ3v) is 5.15. The van der Waals surface area contributed by atoms with Crippen LogP contribution in [0.25, 0.3) is 11.0 Å². The van der Waals surface area contributed by atoms with E-state index in [0.717, 1.165) is 23.4 Å². The Bertz CT molecular complexity index is 990. The quantitative estimate of drug-likeness (QED) is 0.651. The summed E-state index contributed by atoms with van der Waals surface area (Å²) in [6.45, 7) is 0.310. The molecule has 1 aliphatic rings. The van der Waals surface area contributed by atoms with E-state index in [2.05, 4.69) is 5.16 Å². The summed E-state index contributed by atoms with van der Waals surface area (Å²) in [7, 11) is 0. The van der Waals surface area contributed by atoms with Gasteiger partial charge < -0.3 is 4.52 Å². The van der Waals surface area contributed by atoms with E-state index in [9.17, 15) is 18.4 Å². The maximum atomic E-state index is 14.0. The molecule has 25 heavy (non-hydrogen) atoms. The number of halogens is 2. The van der Waals surface area contributed by atoms with E-state index in [1.807, 2.05) is 30.3 Å². The van der Waals surface area contributed by atoms with Crippen LogP contribution in [0.4, 0.5) is 19.4 Å². The minimum atomic E-state index is -1.30. The maximum absolute atomic E-state index is 14.0. The number of hydrogen-bond donors (Lipinski definition) is 0. The van der Waals surface area contributed by atoms with Crippen molar-refractivity contribution in [3.05, 3.63) is 59.2 Å². The van der Waals surface area contributed by atoms with Gasteiger partial charge in [-0.05, 0) is 11.6 Å². The van der Waals surface area contributed by atoms with Crippen LogP contribution in [-0.4, -0.2) is 23.2 Å². The highest BCUT2D eigenvalue weighted by Crippen LogP contribution is 2.42. The smallest absolute Gasteiger partial charge is 0.288 e. The first kappa shape index (κ1) is 15.8. The molecule has 1 atom stereocenters. The van der Waals surface area contributed by atoms with Gasteiger partial charge in [0.15, 0.2) is 17.9 Å². The molecular formula is C17H10F2N2O3S. The zero-order chi connectivity index (χ0) is 17.6. The second-order valence-corrected chi connectivity index (χ2v) is 6.64. The number of carbonyl (C=O) groups is 2. The SMILES string of the molecule is O=Cc1cc2c(N3CC(c4ccccc4)SC3=O)noc2c(F)c1F. The molecule has 1 unspecified atom stereocenters. The molecule has 8 heteroatoms. The number of fused-ring (bicyclic) bond motifs is 1. The van der Waals surface area contributed by atoms with Gasteiger partial charge in [0.25, 0.3) is 5.24 Å². The van der Waals surface area contributed by atoms with Crippen LogP contribution < -0.4 is 4.90 Å². The molecule has 1 aliphatic heterocycles. The third-order valence-electron chi connectivity index (χ3n) is 4.02. The van der Waals surface area contributed by atoms with Crippen molar-refractivity contribution >= 4 is 40.1 Å². The number of hydrogen-bond acceptors (Lipinski definition) is 5. The number of thioether (sulfide) groups is 1. The lowest BCUT2D eigenvalue weighted by molar-refractivity contribution is 0.111. The van der Waals surface area contributed by atoms with E-state index < -0.39 is 22.8 Å². The highest BCUT2D eigenvalue weighted by atomic mass is 32.2. The number of carbonyl (C=O) groups excluding carboxylic acids is 2. The largest absolute Gasteiger partial charge is 0.351 e. The Balaban J connectivity index is 1.76. The van der Waals surface area contributed by atoms with Gasteiger partial charge in [0.05, 0.1) is 16.2 Å². The fourth-order valence-corrected chi connectivity index (χ4v) is 3.83. The van der Waals surface area contributed by atoms with Crippen LogP contribution in [-0.2, 0) is 0 Å². The molecule has 1 saturated heterocycles. The van der Waals surface area contributed by atoms with Gasteiger partial charge in [-0.2, -0.15) is 4.39 Å². The molecule has 0 N–H and O–H groups in total. The molecule has 1 aromatic heterocycles. The highest BCUT2D eigenvalue weighted by molar-refractivity contribution is 8.14. The van der Waals surface area contributed by atoms with Gasteiger partial charge in [-0.25, -0.2) is 4.39 Å². The van der Waals surface area contributed by atoms with Crippen molar-refractivity contribution in [3.8, 4) is 0 Å². The van der Waals surface area contributed by atoms with Crippen molar-refractivity contribution in [2.24, 2.45) is 0 Å². The molecule has 1 amide bonds. The van der Waals surface area contributed by atoms with Gasteiger partial charge in [0, 0.05) is 6.54 Å². The average Bonchev–Trinajstić information content (AvgIpc) is 3.22. The predicted octanol–water partition coefficient (Wildman–Crippen LogP) is 4.33. The first-order valence-corrected chi connectivity index (χ1v) is 8.23. The first-order chi connectivity index (χ1) is 12.1. The van der Waals surface area contributed by atoms with E-state index in [1.54, 1.807) is 0 Å². The zero-order valence-corrected chi connectivity index (χ0v) is 13.4. The number of aldehydes is 1. The van der Waals surface area contributed by atoms with Crippen LogP contribution in [0.15, 0.2) is 40.9 Å². The van der Waals surface area contributed by atoms with E-state index in [-0.39, 0.29) is 28.0 Å². The fourth-order valence-electron chi connectivity index (χ4n) is 2.78. The predicted molar refractivity (Wildman–Crippen MR) is 88.8 cm³/mol. The summed E-state index contributed by atoms with van der Waals surface area (Å²) in [5.41, 5.74) is 0.106. The first-order valence-electron chi connectivity index (χ1n) is 7.35. The van der Waals surface area contributed by atoms with E-state index >= 15 is 0 Å². The molecular weight excluding hydrogens is 350 g/mol. The van der Waals surface area contributed by atoms with Gasteiger partial charge in [0.1, 0.15) is 0 Å². The Morgan fingerprint density at radius 3 is 2.72 bits per heavy atom. The Morgan fingerprint density at radius 1 is 1.24 bits per heavy atom. The fraction of sp³-hybridized carbons (Fsp3) is 0.118. The molecule has 2 aromatic carbocycles. The second-order valence-electron chi connectivity index (χ2n) is 5.49. The topological polar surface area (TPSA) is 63.4 Å². The minimum Gasteiger partial charge on any atom is -0.351 e. The Kier molecular flexibility index (Phi) is 3.76. The molecule has 3 aromatic rings. The Hall–Kier alpha value is -2.74. The maximum Gasteiger partial charge on any atom is 0.288 e. The van der Waals surface area contributed by atoms with Crippen molar-refractivity contribution in [2.75, 3.05) is 11.4 Å². The molecule has 2 heterocycles. The Morgan fingerprint density at radius 2 is 2.00 bits per heavy atom. The molecule has 1 fully saturated rings. The molecule has 0 bridgehead atoms. The highest BCUT2D eigenvalue weighted by Gasteiger charge is 2.36. The van der Waals surface area contributed by atoms with Gasteiger partial charge in [0.2, 0.25) is 11.4 Å². The number of benzene rings is 2. The summed E-state index contributed by atoms with van der Waals surface area (Å²) in [4.78, 5) is 24.7. The zero-order valence-electron chi connectivity index (χ0n) is 12.6. The number of nitrogens with zero attached hydrogens (tertiary/aromatic N) is 2. The minimum absolute atomic E-state index is 0.0768. The molecule has 5 nitrogen and oxygen atoms in total. The number of aromatic nitrogens is 1. The lowest BCUT2D eigenvalue weighted by atomic mass is 10.1. The second kappa shape index (κ2) is 5.96. The summed E-state index contributed by atoms with van der Waals surface area (Å²) in [6.07, 6.45) is 0.210. The number of amides is 1. The van der Waals surface area contributed by atoms with E-state index in [1.165, 1.54) is 4.90 Å².